The summed E-state index contributed by atoms with van der Waals surface area (Å²) in [6.07, 6.45) is 3.54. The molecule has 0 atom stereocenters. The number of fused-ring (bicyclic) bond motifs is 1. The molecule has 0 bridgehead atoms. The predicted octanol–water partition coefficient (Wildman–Crippen LogP) is 0.648. The Balaban J connectivity index is 1.98. The van der Waals surface area contributed by atoms with Gasteiger partial charge in [-0.25, -0.2) is 4.98 Å². The standard InChI is InChI=1S/C12H10N4O/c17-12-7-14-11(16-12)6-8-3-4-9-10(15-8)2-1-5-13-9/h1-6,14H,7H2,(H,16,17). The van der Waals surface area contributed by atoms with Gasteiger partial charge in [0.25, 0.3) is 0 Å². The van der Waals surface area contributed by atoms with E-state index in [1.807, 2.05) is 24.3 Å². The number of carbonyl (C=O) groups is 1. The molecular weight excluding hydrogens is 216 g/mol. The van der Waals surface area contributed by atoms with Crippen molar-refractivity contribution in [3.63, 3.8) is 0 Å². The van der Waals surface area contributed by atoms with Crippen LogP contribution < -0.4 is 10.6 Å². The van der Waals surface area contributed by atoms with Crippen LogP contribution in [-0.2, 0) is 4.79 Å². The Kier molecular flexibility index (Phi) is 2.22. The van der Waals surface area contributed by atoms with E-state index >= 15 is 0 Å². The van der Waals surface area contributed by atoms with E-state index in [1.54, 1.807) is 12.3 Å². The maximum absolute atomic E-state index is 11.0. The minimum absolute atomic E-state index is 0.0290. The quantitative estimate of drug-likeness (QED) is 0.749. The molecule has 1 aliphatic heterocycles. The number of aromatic nitrogens is 2. The minimum atomic E-state index is -0.0290. The van der Waals surface area contributed by atoms with Gasteiger partial charge in [0, 0.05) is 12.3 Å². The molecule has 1 aliphatic rings. The Morgan fingerprint density at radius 3 is 3.00 bits per heavy atom. The molecule has 2 aromatic heterocycles. The summed E-state index contributed by atoms with van der Waals surface area (Å²) in [5.41, 5.74) is 2.49. The second-order valence-corrected chi connectivity index (χ2v) is 3.74. The lowest BCUT2D eigenvalue weighted by Gasteiger charge is -2.00. The van der Waals surface area contributed by atoms with Crippen LogP contribution in [0.3, 0.4) is 0 Å². The van der Waals surface area contributed by atoms with Gasteiger partial charge in [0.1, 0.15) is 5.82 Å². The van der Waals surface area contributed by atoms with Crippen molar-refractivity contribution in [1.82, 2.24) is 20.6 Å². The van der Waals surface area contributed by atoms with Gasteiger partial charge in [-0.15, -0.1) is 0 Å². The van der Waals surface area contributed by atoms with Crippen molar-refractivity contribution in [2.24, 2.45) is 0 Å². The highest BCUT2D eigenvalue weighted by Gasteiger charge is 2.12. The Bertz CT molecular complexity index is 621. The normalized spacial score (nSPS) is 17.2. The third kappa shape index (κ3) is 1.94. The van der Waals surface area contributed by atoms with E-state index in [0.29, 0.717) is 12.4 Å². The number of nitrogens with one attached hydrogen (secondary N) is 2. The van der Waals surface area contributed by atoms with E-state index in [4.69, 9.17) is 0 Å². The first kappa shape index (κ1) is 9.77. The third-order valence-corrected chi connectivity index (χ3v) is 2.48. The van der Waals surface area contributed by atoms with Crippen LogP contribution >= 0.6 is 0 Å². The zero-order valence-electron chi connectivity index (χ0n) is 8.97. The molecule has 5 heteroatoms. The van der Waals surface area contributed by atoms with Crippen LogP contribution in [0.1, 0.15) is 5.69 Å². The lowest BCUT2D eigenvalue weighted by molar-refractivity contribution is -0.117. The number of carbonyl (C=O) groups excluding carboxylic acids is 1. The van der Waals surface area contributed by atoms with E-state index < -0.39 is 0 Å². The molecule has 0 radical (unpaired) electrons. The van der Waals surface area contributed by atoms with Gasteiger partial charge in [0.2, 0.25) is 5.91 Å². The zero-order valence-corrected chi connectivity index (χ0v) is 8.97. The molecule has 0 aliphatic carbocycles. The van der Waals surface area contributed by atoms with Gasteiger partial charge in [-0.2, -0.15) is 0 Å². The van der Waals surface area contributed by atoms with Gasteiger partial charge < -0.3 is 10.6 Å². The molecule has 1 fully saturated rings. The second-order valence-electron chi connectivity index (χ2n) is 3.74. The highest BCUT2D eigenvalue weighted by Crippen LogP contribution is 2.11. The molecule has 0 aromatic carbocycles. The van der Waals surface area contributed by atoms with Gasteiger partial charge >= 0.3 is 0 Å². The maximum atomic E-state index is 11.0. The first-order valence-corrected chi connectivity index (χ1v) is 5.28. The van der Waals surface area contributed by atoms with Crippen molar-refractivity contribution in [2.45, 2.75) is 0 Å². The molecule has 17 heavy (non-hydrogen) atoms. The van der Waals surface area contributed by atoms with Gasteiger partial charge in [0.05, 0.1) is 23.3 Å². The number of rotatable bonds is 1. The Hall–Kier alpha value is -2.43. The lowest BCUT2D eigenvalue weighted by Crippen LogP contribution is -2.13. The third-order valence-electron chi connectivity index (χ3n) is 2.48. The molecule has 3 heterocycles. The summed E-state index contributed by atoms with van der Waals surface area (Å²) in [4.78, 5) is 19.6. The van der Waals surface area contributed by atoms with Gasteiger partial charge in [-0.1, -0.05) is 0 Å². The number of nitrogens with zero attached hydrogens (tertiary/aromatic N) is 2. The lowest BCUT2D eigenvalue weighted by atomic mass is 10.2. The molecule has 0 saturated carbocycles. The first-order chi connectivity index (χ1) is 8.31. The molecule has 84 valence electrons. The molecule has 1 saturated heterocycles. The zero-order chi connectivity index (χ0) is 11.7. The smallest absolute Gasteiger partial charge is 0.244 e. The monoisotopic (exact) mass is 226 g/mol. The van der Waals surface area contributed by atoms with Crippen LogP contribution in [0.5, 0.6) is 0 Å². The average Bonchev–Trinajstić information content (AvgIpc) is 2.75. The van der Waals surface area contributed by atoms with Crippen LogP contribution in [-0.4, -0.2) is 22.4 Å². The summed E-state index contributed by atoms with van der Waals surface area (Å²) in [7, 11) is 0. The summed E-state index contributed by atoms with van der Waals surface area (Å²) in [5.74, 6) is 0.657. The van der Waals surface area contributed by atoms with Crippen LogP contribution in [0.4, 0.5) is 0 Å². The predicted molar refractivity (Wildman–Crippen MR) is 63.7 cm³/mol. The van der Waals surface area contributed by atoms with Crippen LogP contribution in [0.25, 0.3) is 17.1 Å². The SMILES string of the molecule is O=C1CNC(=Cc2ccc3ncccc3n2)N1. The molecule has 2 N–H and O–H groups in total. The van der Waals surface area contributed by atoms with Gasteiger partial charge in [0.15, 0.2) is 0 Å². The Labute approximate surface area is 97.6 Å². The van der Waals surface area contributed by atoms with Crippen LogP contribution in [0, 0.1) is 0 Å². The molecule has 0 spiro atoms. The Morgan fingerprint density at radius 2 is 2.18 bits per heavy atom. The fraction of sp³-hybridized carbons (Fsp3) is 0.0833. The summed E-state index contributed by atoms with van der Waals surface area (Å²) < 4.78 is 0. The summed E-state index contributed by atoms with van der Waals surface area (Å²) >= 11 is 0. The van der Waals surface area contributed by atoms with Crippen molar-refractivity contribution >= 4 is 23.0 Å². The van der Waals surface area contributed by atoms with E-state index in [-0.39, 0.29) is 5.91 Å². The van der Waals surface area contributed by atoms with Crippen molar-refractivity contribution < 1.29 is 4.79 Å². The van der Waals surface area contributed by atoms with Crippen LogP contribution in [0.15, 0.2) is 36.3 Å². The van der Waals surface area contributed by atoms with Crippen molar-refractivity contribution in [2.75, 3.05) is 6.54 Å². The largest absolute Gasteiger partial charge is 0.362 e. The fourth-order valence-electron chi connectivity index (χ4n) is 1.70. The number of hydrogen-bond acceptors (Lipinski definition) is 4. The minimum Gasteiger partial charge on any atom is -0.362 e. The molecule has 0 unspecified atom stereocenters. The molecule has 2 aromatic rings. The number of hydrogen-bond donors (Lipinski definition) is 2. The molecular formula is C12H10N4O. The van der Waals surface area contributed by atoms with Crippen LogP contribution in [0.2, 0.25) is 0 Å². The highest BCUT2D eigenvalue weighted by molar-refractivity contribution is 5.84. The molecule has 5 nitrogen and oxygen atoms in total. The van der Waals surface area contributed by atoms with E-state index in [2.05, 4.69) is 20.6 Å². The average molecular weight is 226 g/mol. The van der Waals surface area contributed by atoms with Gasteiger partial charge in [-0.05, 0) is 24.3 Å². The van der Waals surface area contributed by atoms with E-state index in [0.717, 1.165) is 16.7 Å². The fourth-order valence-corrected chi connectivity index (χ4v) is 1.70. The summed E-state index contributed by atoms with van der Waals surface area (Å²) in [6, 6.07) is 7.53. The maximum Gasteiger partial charge on any atom is 0.244 e. The molecule has 3 rings (SSSR count). The highest BCUT2D eigenvalue weighted by atomic mass is 16.2. The van der Waals surface area contributed by atoms with Crippen molar-refractivity contribution in [3.8, 4) is 0 Å². The first-order valence-electron chi connectivity index (χ1n) is 5.28. The number of amides is 1. The number of pyridine rings is 2. The molecule has 1 amide bonds. The second kappa shape index (κ2) is 3.86. The van der Waals surface area contributed by atoms with E-state index in [1.165, 1.54) is 0 Å². The summed E-state index contributed by atoms with van der Waals surface area (Å²) in [6.45, 7) is 0.320. The van der Waals surface area contributed by atoms with E-state index in [9.17, 15) is 4.79 Å². The topological polar surface area (TPSA) is 66.9 Å². The van der Waals surface area contributed by atoms with Crippen molar-refractivity contribution in [3.05, 3.63) is 42.0 Å². The van der Waals surface area contributed by atoms with Gasteiger partial charge in [-0.3, -0.25) is 9.78 Å². The van der Waals surface area contributed by atoms with Crippen molar-refractivity contribution in [1.29, 1.82) is 0 Å². The summed E-state index contributed by atoms with van der Waals surface area (Å²) in [5, 5.41) is 5.65. The Morgan fingerprint density at radius 1 is 1.24 bits per heavy atom.